The maximum absolute atomic E-state index is 14.5. The number of thiazole rings is 1. The lowest BCUT2D eigenvalue weighted by Crippen LogP contribution is -2.71. The monoisotopic (exact) mass is 888 g/mol. The van der Waals surface area contributed by atoms with E-state index in [0.717, 1.165) is 21.6 Å². The second kappa shape index (κ2) is 17.8. The minimum atomic E-state index is -1.41. The number of ether oxygens (including phenoxy) is 1. The van der Waals surface area contributed by atoms with Crippen molar-refractivity contribution in [2.24, 2.45) is 5.16 Å². The van der Waals surface area contributed by atoms with Crippen LogP contribution in [0.25, 0.3) is 0 Å². The number of esters is 1. The predicted octanol–water partition coefficient (Wildman–Crippen LogP) is 7.46. The molecule has 2 aliphatic heterocycles. The number of hydrogen-bond acceptors (Lipinski definition) is 13. The molecule has 8 rings (SSSR count). The van der Waals surface area contributed by atoms with Gasteiger partial charge in [0.15, 0.2) is 10.8 Å². The summed E-state index contributed by atoms with van der Waals surface area (Å²) in [5.74, 6) is -2.45. The lowest BCUT2D eigenvalue weighted by atomic mass is 9.77. The number of carbonyl (C=O) groups excluding carboxylic acids is 3. The molecular weight excluding hydrogens is 845 g/mol. The minimum Gasteiger partial charge on any atom is -0.477 e. The van der Waals surface area contributed by atoms with Gasteiger partial charge >= 0.3 is 11.9 Å². The third-order valence-electron chi connectivity index (χ3n) is 10.7. The number of benzene rings is 3. The Morgan fingerprint density at radius 2 is 1.52 bits per heavy atom. The molecule has 0 unspecified atom stereocenters. The van der Waals surface area contributed by atoms with Crippen molar-refractivity contribution < 1.29 is 33.9 Å². The average Bonchev–Trinajstić information content (AvgIpc) is 3.72. The molecule has 3 aliphatic rings. The van der Waals surface area contributed by atoms with Gasteiger partial charge < -0.3 is 25.3 Å². The summed E-state index contributed by atoms with van der Waals surface area (Å²) in [4.78, 5) is 71.5. The van der Waals surface area contributed by atoms with Gasteiger partial charge in [-0.1, -0.05) is 96.2 Å². The van der Waals surface area contributed by atoms with Gasteiger partial charge in [-0.05, 0) is 61.6 Å². The molecule has 13 nitrogen and oxygen atoms in total. The van der Waals surface area contributed by atoms with Crippen LogP contribution in [-0.4, -0.2) is 83.6 Å². The fourth-order valence-corrected chi connectivity index (χ4v) is 10.6. The van der Waals surface area contributed by atoms with E-state index < -0.39 is 51.9 Å². The fraction of sp³-hybridized carbons (Fsp3) is 0.283. The molecule has 3 aromatic carbocycles. The van der Waals surface area contributed by atoms with Crippen LogP contribution in [-0.2, 0) is 34.3 Å². The van der Waals surface area contributed by atoms with Gasteiger partial charge in [0.1, 0.15) is 33.9 Å². The van der Waals surface area contributed by atoms with E-state index in [-0.39, 0.29) is 17.1 Å². The Morgan fingerprint density at radius 1 is 0.919 bits per heavy atom. The summed E-state index contributed by atoms with van der Waals surface area (Å²) >= 11 is 4.07. The van der Waals surface area contributed by atoms with Gasteiger partial charge in [-0.2, -0.15) is 0 Å². The van der Waals surface area contributed by atoms with Gasteiger partial charge in [-0.15, -0.1) is 34.9 Å². The van der Waals surface area contributed by atoms with Crippen molar-refractivity contribution in [3.63, 3.8) is 0 Å². The van der Waals surface area contributed by atoms with Crippen LogP contribution < -0.4 is 10.6 Å². The SMILES string of the molecule is CC(C)(C)OC(=O)C1(O/N=C(\C(=O)N[C@@H]2C(=O)N3C(C(=O)O)=C(CSc4ccncc4)CS[C@H]23)c2csc(NC(c3ccccc3)(c3ccccc3)c3ccccc3)n2)CCC1. The number of nitrogens with one attached hydrogen (secondary N) is 2. The van der Waals surface area contributed by atoms with Crippen molar-refractivity contribution in [3.05, 3.63) is 155 Å². The summed E-state index contributed by atoms with van der Waals surface area (Å²) in [6, 6.07) is 32.6. The van der Waals surface area contributed by atoms with Gasteiger partial charge in [0.05, 0.1) is 0 Å². The van der Waals surface area contributed by atoms with Crippen molar-refractivity contribution >= 4 is 69.5 Å². The molecule has 16 heteroatoms. The number of hydrogen-bond donors (Lipinski definition) is 3. The normalized spacial score (nSPS) is 18.5. The van der Waals surface area contributed by atoms with Crippen LogP contribution in [0.5, 0.6) is 0 Å². The Balaban J connectivity index is 1.11. The highest BCUT2D eigenvalue weighted by molar-refractivity contribution is 8.01. The standard InChI is InChI=1S/C46H44N6O7S3/c1-44(2,3)58-42(57)45(22-13-23-45)59-51-35(38(53)49-36-39(54)52-37(41(55)56)29(27-61-40(36)52)26-60-33-20-24-47-25-21-33)34-28-62-43(48-34)50-46(30-14-7-4-8-15-30,31-16-9-5-10-17-31)32-18-11-6-12-19-32/h4-12,14-21,24-25,28,36,40H,13,22-23,26-27H2,1-3H3,(H,48,50)(H,49,53)(H,55,56)/b51-35-/t36-,40-/m1/s1. The lowest BCUT2D eigenvalue weighted by Gasteiger charge is -2.49. The number of β-lactam (4-membered cyclic amide) rings is 1. The molecule has 0 bridgehead atoms. The Hall–Kier alpha value is -5.97. The van der Waals surface area contributed by atoms with Gasteiger partial charge in [0.25, 0.3) is 11.8 Å². The number of oxime groups is 1. The van der Waals surface area contributed by atoms with E-state index in [1.54, 1.807) is 38.5 Å². The molecule has 62 heavy (non-hydrogen) atoms. The number of fused-ring (bicyclic) bond motifs is 1. The molecule has 2 aromatic heterocycles. The molecule has 0 radical (unpaired) electrons. The maximum Gasteiger partial charge on any atom is 0.353 e. The van der Waals surface area contributed by atoms with E-state index in [1.165, 1.54) is 39.8 Å². The topological polar surface area (TPSA) is 172 Å². The minimum absolute atomic E-state index is 0.0822. The van der Waals surface area contributed by atoms with Gasteiger partial charge in [-0.3, -0.25) is 19.5 Å². The first kappa shape index (κ1) is 42.7. The molecular formula is C46H44N6O7S3. The van der Waals surface area contributed by atoms with E-state index in [2.05, 4.69) is 20.8 Å². The Morgan fingerprint density at radius 3 is 2.05 bits per heavy atom. The van der Waals surface area contributed by atoms with Crippen LogP contribution in [0.1, 0.15) is 62.4 Å². The third kappa shape index (κ3) is 8.59. The summed E-state index contributed by atoms with van der Waals surface area (Å²) in [6.45, 7) is 5.29. The van der Waals surface area contributed by atoms with E-state index >= 15 is 0 Å². The summed E-state index contributed by atoms with van der Waals surface area (Å²) in [5, 5.41) is 22.6. The zero-order valence-electron chi connectivity index (χ0n) is 34.1. The van der Waals surface area contributed by atoms with Crippen LogP contribution in [0.15, 0.2) is 142 Å². The van der Waals surface area contributed by atoms with Crippen molar-refractivity contribution in [2.75, 3.05) is 16.8 Å². The van der Waals surface area contributed by atoms with Crippen LogP contribution in [0.3, 0.4) is 0 Å². The Bertz CT molecular complexity index is 2410. The largest absolute Gasteiger partial charge is 0.477 e. The van der Waals surface area contributed by atoms with Gasteiger partial charge in [0.2, 0.25) is 5.60 Å². The number of carbonyl (C=O) groups is 4. The number of amides is 2. The van der Waals surface area contributed by atoms with E-state index in [1.807, 2.05) is 103 Å². The molecule has 3 N–H and O–H groups in total. The molecule has 2 atom stereocenters. The van der Waals surface area contributed by atoms with Crippen molar-refractivity contribution in [3.8, 4) is 0 Å². The molecule has 0 spiro atoms. The first-order valence-corrected chi connectivity index (χ1v) is 22.9. The number of aromatic nitrogens is 2. The third-order valence-corrected chi connectivity index (χ3v) is 13.9. The number of nitrogens with zero attached hydrogens (tertiary/aromatic N) is 4. The number of carboxylic acid groups (broad SMARTS) is 1. The van der Waals surface area contributed by atoms with E-state index in [9.17, 15) is 24.3 Å². The zero-order chi connectivity index (χ0) is 43.5. The number of carboxylic acids is 1. The van der Waals surface area contributed by atoms with Crippen molar-refractivity contribution in [1.29, 1.82) is 0 Å². The second-order valence-corrected chi connectivity index (χ2v) is 19.0. The summed E-state index contributed by atoms with van der Waals surface area (Å²) in [7, 11) is 0. The summed E-state index contributed by atoms with van der Waals surface area (Å²) < 4.78 is 5.71. The predicted molar refractivity (Wildman–Crippen MR) is 240 cm³/mol. The molecule has 1 aliphatic carbocycles. The summed E-state index contributed by atoms with van der Waals surface area (Å²) in [5.41, 5.74) is 0.104. The number of aliphatic carboxylic acids is 1. The quantitative estimate of drug-likeness (QED) is 0.0237. The first-order chi connectivity index (χ1) is 29.9. The number of pyridine rings is 1. The molecule has 1 saturated heterocycles. The van der Waals surface area contributed by atoms with E-state index in [0.29, 0.717) is 41.5 Å². The second-order valence-electron chi connectivity index (χ2n) is 16.0. The highest BCUT2D eigenvalue weighted by atomic mass is 32.2. The molecule has 2 amide bonds. The van der Waals surface area contributed by atoms with Crippen molar-refractivity contribution in [2.45, 2.75) is 73.1 Å². The molecule has 4 heterocycles. The summed E-state index contributed by atoms with van der Waals surface area (Å²) in [6.07, 6.45) is 4.68. The Kier molecular flexibility index (Phi) is 12.3. The van der Waals surface area contributed by atoms with Crippen LogP contribution in [0.4, 0.5) is 5.13 Å². The highest BCUT2D eigenvalue weighted by Crippen LogP contribution is 2.43. The smallest absolute Gasteiger partial charge is 0.353 e. The molecule has 318 valence electrons. The van der Waals surface area contributed by atoms with E-state index in [4.69, 9.17) is 14.6 Å². The first-order valence-electron chi connectivity index (χ1n) is 20.0. The number of thioether (sulfide) groups is 2. The Labute approximate surface area is 371 Å². The van der Waals surface area contributed by atoms with Gasteiger partial charge in [0, 0.05) is 47.0 Å². The average molecular weight is 889 g/mol. The maximum atomic E-state index is 14.5. The van der Waals surface area contributed by atoms with Crippen LogP contribution in [0.2, 0.25) is 0 Å². The van der Waals surface area contributed by atoms with Crippen molar-refractivity contribution in [1.82, 2.24) is 20.2 Å². The molecule has 5 aromatic rings. The zero-order valence-corrected chi connectivity index (χ0v) is 36.6. The molecule has 1 saturated carbocycles. The van der Waals surface area contributed by atoms with Gasteiger partial charge in [-0.25, -0.2) is 14.6 Å². The van der Waals surface area contributed by atoms with Crippen LogP contribution >= 0.6 is 34.9 Å². The van der Waals surface area contributed by atoms with Crippen LogP contribution in [0, 0.1) is 0 Å². The fourth-order valence-electron chi connectivity index (χ4n) is 7.53. The number of anilines is 1. The lowest BCUT2D eigenvalue weighted by molar-refractivity contribution is -0.196. The number of rotatable bonds is 15. The molecule has 2 fully saturated rings. The highest BCUT2D eigenvalue weighted by Gasteiger charge is 2.55.